The van der Waals surface area contributed by atoms with Crippen molar-refractivity contribution in [2.75, 3.05) is 33.9 Å². The van der Waals surface area contributed by atoms with E-state index in [1.54, 1.807) is 31.3 Å². The first-order valence-corrected chi connectivity index (χ1v) is 9.67. The number of ether oxygens (including phenoxy) is 2. The van der Waals surface area contributed by atoms with Crippen LogP contribution in [0.3, 0.4) is 0 Å². The van der Waals surface area contributed by atoms with E-state index in [0.29, 0.717) is 24.3 Å². The van der Waals surface area contributed by atoms with Crippen LogP contribution in [0, 0.1) is 0 Å². The summed E-state index contributed by atoms with van der Waals surface area (Å²) in [7, 11) is 3.25. The third-order valence-electron chi connectivity index (χ3n) is 4.57. The van der Waals surface area contributed by atoms with Gasteiger partial charge < -0.3 is 20.1 Å². The Morgan fingerprint density at radius 2 is 1.97 bits per heavy atom. The Bertz CT molecular complexity index is 970. The van der Waals surface area contributed by atoms with Crippen LogP contribution in [0.15, 0.2) is 36.7 Å². The predicted molar refractivity (Wildman–Crippen MR) is 112 cm³/mol. The minimum atomic E-state index is -0.137. The molecule has 1 aromatic carbocycles. The quantitative estimate of drug-likeness (QED) is 0.510. The average Bonchev–Trinajstić information content (AvgIpc) is 3.15. The number of rotatable bonds is 10. The molecule has 0 bridgehead atoms. The number of carbonyl (C=O) groups is 1. The summed E-state index contributed by atoms with van der Waals surface area (Å²) in [6.07, 6.45) is 4.37. The molecular formula is C21H27N5O3. The summed E-state index contributed by atoms with van der Waals surface area (Å²) in [6.45, 7) is 4.88. The summed E-state index contributed by atoms with van der Waals surface area (Å²) >= 11 is 0. The Morgan fingerprint density at radius 1 is 1.10 bits per heavy atom. The van der Waals surface area contributed by atoms with Crippen LogP contribution in [0.2, 0.25) is 0 Å². The summed E-state index contributed by atoms with van der Waals surface area (Å²) in [5, 5.41) is 11.4. The fourth-order valence-electron chi connectivity index (χ4n) is 3.02. The zero-order chi connectivity index (χ0) is 20.6. The van der Waals surface area contributed by atoms with Crippen molar-refractivity contribution < 1.29 is 14.3 Å². The SMILES string of the molecule is CCCNCCNC(=O)c1cnc2c(cnn2Cc2ccc(OC)cc2OC)c1. The number of hydrogen-bond donors (Lipinski definition) is 2. The van der Waals surface area contributed by atoms with E-state index < -0.39 is 0 Å². The van der Waals surface area contributed by atoms with Gasteiger partial charge in [-0.05, 0) is 31.2 Å². The van der Waals surface area contributed by atoms with Gasteiger partial charge in [-0.15, -0.1) is 0 Å². The molecular weight excluding hydrogens is 370 g/mol. The van der Waals surface area contributed by atoms with Crippen molar-refractivity contribution in [3.05, 3.63) is 47.8 Å². The van der Waals surface area contributed by atoms with Crippen molar-refractivity contribution in [2.24, 2.45) is 0 Å². The van der Waals surface area contributed by atoms with Gasteiger partial charge in [0.05, 0.1) is 32.5 Å². The molecule has 2 heterocycles. The first kappa shape index (κ1) is 20.6. The molecule has 3 aromatic rings. The smallest absolute Gasteiger partial charge is 0.252 e. The zero-order valence-electron chi connectivity index (χ0n) is 17.1. The normalized spacial score (nSPS) is 10.9. The Balaban J connectivity index is 1.72. The highest BCUT2D eigenvalue weighted by Crippen LogP contribution is 2.26. The molecule has 0 saturated carbocycles. The van der Waals surface area contributed by atoms with Crippen LogP contribution in [0.4, 0.5) is 0 Å². The van der Waals surface area contributed by atoms with Gasteiger partial charge >= 0.3 is 0 Å². The molecule has 8 nitrogen and oxygen atoms in total. The van der Waals surface area contributed by atoms with Gasteiger partial charge in [-0.3, -0.25) is 4.79 Å². The third-order valence-corrected chi connectivity index (χ3v) is 4.57. The molecule has 0 fully saturated rings. The van der Waals surface area contributed by atoms with E-state index in [1.807, 2.05) is 24.3 Å². The fraction of sp³-hybridized carbons (Fsp3) is 0.381. The Morgan fingerprint density at radius 3 is 2.72 bits per heavy atom. The van der Waals surface area contributed by atoms with E-state index >= 15 is 0 Å². The molecule has 3 rings (SSSR count). The fourth-order valence-corrected chi connectivity index (χ4v) is 3.02. The molecule has 0 radical (unpaired) electrons. The number of benzene rings is 1. The summed E-state index contributed by atoms with van der Waals surface area (Å²) in [6, 6.07) is 7.48. The molecule has 0 saturated heterocycles. The van der Waals surface area contributed by atoms with Crippen LogP contribution < -0.4 is 20.1 Å². The lowest BCUT2D eigenvalue weighted by Crippen LogP contribution is -2.32. The van der Waals surface area contributed by atoms with E-state index in [1.165, 1.54) is 0 Å². The second-order valence-corrected chi connectivity index (χ2v) is 6.62. The van der Waals surface area contributed by atoms with Crippen molar-refractivity contribution in [1.29, 1.82) is 0 Å². The monoisotopic (exact) mass is 397 g/mol. The first-order chi connectivity index (χ1) is 14.2. The van der Waals surface area contributed by atoms with Crippen LogP contribution in [-0.2, 0) is 6.54 Å². The van der Waals surface area contributed by atoms with Gasteiger partial charge in [0.15, 0.2) is 5.65 Å². The Hall–Kier alpha value is -3.13. The minimum Gasteiger partial charge on any atom is -0.497 e. The molecule has 0 aliphatic carbocycles. The highest BCUT2D eigenvalue weighted by Gasteiger charge is 2.12. The van der Waals surface area contributed by atoms with Gasteiger partial charge in [0, 0.05) is 36.3 Å². The molecule has 29 heavy (non-hydrogen) atoms. The second kappa shape index (κ2) is 9.88. The average molecular weight is 397 g/mol. The van der Waals surface area contributed by atoms with Gasteiger partial charge in [-0.25, -0.2) is 9.67 Å². The van der Waals surface area contributed by atoms with Crippen LogP contribution in [0.25, 0.3) is 11.0 Å². The summed E-state index contributed by atoms with van der Waals surface area (Å²) in [5.74, 6) is 1.32. The number of carbonyl (C=O) groups excluding carboxylic acids is 1. The van der Waals surface area contributed by atoms with Crippen LogP contribution >= 0.6 is 0 Å². The highest BCUT2D eigenvalue weighted by molar-refractivity contribution is 5.96. The maximum Gasteiger partial charge on any atom is 0.252 e. The predicted octanol–water partition coefficient (Wildman–Crippen LogP) is 2.23. The lowest BCUT2D eigenvalue weighted by Gasteiger charge is -2.11. The van der Waals surface area contributed by atoms with Crippen molar-refractivity contribution in [3.8, 4) is 11.5 Å². The van der Waals surface area contributed by atoms with Gasteiger partial charge in [0.2, 0.25) is 0 Å². The number of nitrogens with one attached hydrogen (secondary N) is 2. The number of methoxy groups -OCH3 is 2. The number of hydrogen-bond acceptors (Lipinski definition) is 6. The van der Waals surface area contributed by atoms with E-state index in [0.717, 1.165) is 42.0 Å². The molecule has 0 aliphatic rings. The van der Waals surface area contributed by atoms with E-state index in [9.17, 15) is 4.79 Å². The van der Waals surface area contributed by atoms with Crippen LogP contribution in [0.5, 0.6) is 11.5 Å². The molecule has 1 amide bonds. The summed E-state index contributed by atoms with van der Waals surface area (Å²) < 4.78 is 12.5. The number of amides is 1. The number of pyridine rings is 1. The molecule has 0 aliphatic heterocycles. The summed E-state index contributed by atoms with van der Waals surface area (Å²) in [4.78, 5) is 16.8. The first-order valence-electron chi connectivity index (χ1n) is 9.67. The topological polar surface area (TPSA) is 90.3 Å². The van der Waals surface area contributed by atoms with E-state index in [2.05, 4.69) is 27.6 Å². The van der Waals surface area contributed by atoms with Crippen molar-refractivity contribution in [3.63, 3.8) is 0 Å². The van der Waals surface area contributed by atoms with Gasteiger partial charge in [-0.1, -0.05) is 6.92 Å². The number of fused-ring (bicyclic) bond motifs is 1. The maximum absolute atomic E-state index is 12.3. The van der Waals surface area contributed by atoms with E-state index in [4.69, 9.17) is 9.47 Å². The number of nitrogens with zero attached hydrogens (tertiary/aromatic N) is 3. The molecule has 2 N–H and O–H groups in total. The Kier molecular flexibility index (Phi) is 7.02. The van der Waals surface area contributed by atoms with Gasteiger partial charge in [0.25, 0.3) is 5.91 Å². The molecule has 0 spiro atoms. The second-order valence-electron chi connectivity index (χ2n) is 6.62. The minimum absolute atomic E-state index is 0.137. The summed E-state index contributed by atoms with van der Waals surface area (Å²) in [5.41, 5.74) is 2.19. The molecule has 2 aromatic heterocycles. The van der Waals surface area contributed by atoms with Gasteiger partial charge in [-0.2, -0.15) is 5.10 Å². The largest absolute Gasteiger partial charge is 0.497 e. The van der Waals surface area contributed by atoms with Gasteiger partial charge in [0.1, 0.15) is 11.5 Å². The van der Waals surface area contributed by atoms with Crippen molar-refractivity contribution >= 4 is 16.9 Å². The van der Waals surface area contributed by atoms with Crippen LogP contribution in [-0.4, -0.2) is 54.5 Å². The lowest BCUT2D eigenvalue weighted by atomic mass is 10.2. The van der Waals surface area contributed by atoms with Crippen molar-refractivity contribution in [2.45, 2.75) is 19.9 Å². The number of aromatic nitrogens is 3. The van der Waals surface area contributed by atoms with E-state index in [-0.39, 0.29) is 5.91 Å². The molecule has 154 valence electrons. The molecule has 0 unspecified atom stereocenters. The van der Waals surface area contributed by atoms with Crippen molar-refractivity contribution in [1.82, 2.24) is 25.4 Å². The van der Waals surface area contributed by atoms with Crippen LogP contribution in [0.1, 0.15) is 29.3 Å². The Labute approximate surface area is 170 Å². The molecule has 8 heteroatoms. The zero-order valence-corrected chi connectivity index (χ0v) is 17.1. The standard InChI is InChI=1S/C21H27N5O3/c1-4-7-22-8-9-23-21(27)17-10-16-13-25-26(20(16)24-12-17)14-15-5-6-18(28-2)11-19(15)29-3/h5-6,10-13,22H,4,7-9,14H2,1-3H3,(H,23,27). The molecule has 0 atom stereocenters. The highest BCUT2D eigenvalue weighted by atomic mass is 16.5. The lowest BCUT2D eigenvalue weighted by molar-refractivity contribution is 0.0953. The third kappa shape index (κ3) is 5.03. The maximum atomic E-state index is 12.3.